The second-order valence-corrected chi connectivity index (χ2v) is 6.22. The summed E-state index contributed by atoms with van der Waals surface area (Å²) in [4.78, 5) is 26.1. The molecule has 100 valence electrons. The molecule has 0 saturated carbocycles. The molecule has 0 bridgehead atoms. The van der Waals surface area contributed by atoms with Crippen molar-refractivity contribution in [1.29, 1.82) is 0 Å². The van der Waals surface area contributed by atoms with Crippen LogP contribution in [-0.4, -0.2) is 19.5 Å². The number of aromatic nitrogens is 4. The van der Waals surface area contributed by atoms with Gasteiger partial charge in [-0.1, -0.05) is 0 Å². The molecule has 0 radical (unpaired) electrons. The van der Waals surface area contributed by atoms with Gasteiger partial charge in [-0.15, -0.1) is 11.3 Å². The summed E-state index contributed by atoms with van der Waals surface area (Å²) in [5, 5.41) is 0.778. The van der Waals surface area contributed by atoms with Crippen molar-refractivity contribution in [3.8, 4) is 5.69 Å². The average molecular weight is 302 g/mol. The largest absolute Gasteiger partial charge is 0.323 e. The van der Waals surface area contributed by atoms with Crippen LogP contribution < -0.4 is 5.56 Å². The Labute approximate surface area is 123 Å². The van der Waals surface area contributed by atoms with Crippen LogP contribution in [0.15, 0.2) is 23.5 Å². The normalized spacial score (nSPS) is 13.8. The Bertz CT molecular complexity index is 923. The quantitative estimate of drug-likeness (QED) is 0.701. The van der Waals surface area contributed by atoms with Crippen LogP contribution in [0.4, 0.5) is 0 Å². The van der Waals surface area contributed by atoms with Crippen molar-refractivity contribution in [1.82, 2.24) is 19.5 Å². The third-order valence-electron chi connectivity index (χ3n) is 3.57. The summed E-state index contributed by atoms with van der Waals surface area (Å²) in [5.41, 5.74) is 1.71. The van der Waals surface area contributed by atoms with Gasteiger partial charge in [-0.2, -0.15) is 0 Å². The molecule has 1 N–H and O–H groups in total. The lowest BCUT2D eigenvalue weighted by molar-refractivity contribution is 0.904. The number of hydrogen-bond acceptors (Lipinski definition) is 5. The van der Waals surface area contributed by atoms with E-state index in [1.807, 2.05) is 0 Å². The zero-order valence-electron chi connectivity index (χ0n) is 10.4. The SMILES string of the molecule is O=c1c2c3c(sc2[nH]c(=S)n1-c1cncnc1)CCC3. The molecule has 0 aliphatic heterocycles. The fourth-order valence-corrected chi connectivity index (χ4v) is 4.35. The van der Waals surface area contributed by atoms with E-state index in [1.165, 1.54) is 21.3 Å². The Morgan fingerprint density at radius 3 is 2.90 bits per heavy atom. The van der Waals surface area contributed by atoms with Crippen LogP contribution in [0.2, 0.25) is 0 Å². The maximum atomic E-state index is 12.8. The standard InChI is InChI=1S/C13H10N4OS2/c18-12-10-8-2-1-3-9(8)20-11(10)16-13(19)17(12)7-4-14-6-15-5-7/h4-6H,1-3H2,(H,16,19). The molecule has 0 saturated heterocycles. The van der Waals surface area contributed by atoms with E-state index in [0.29, 0.717) is 10.5 Å². The summed E-state index contributed by atoms with van der Waals surface area (Å²) in [6, 6.07) is 0. The van der Waals surface area contributed by atoms with E-state index in [0.717, 1.165) is 29.5 Å². The van der Waals surface area contributed by atoms with Crippen LogP contribution in [0.5, 0.6) is 0 Å². The minimum absolute atomic E-state index is 0.0713. The summed E-state index contributed by atoms with van der Waals surface area (Å²) < 4.78 is 1.86. The predicted molar refractivity (Wildman–Crippen MR) is 80.2 cm³/mol. The van der Waals surface area contributed by atoms with Crippen molar-refractivity contribution in [3.63, 3.8) is 0 Å². The molecule has 1 aliphatic carbocycles. The van der Waals surface area contributed by atoms with Crippen molar-refractivity contribution in [2.75, 3.05) is 0 Å². The van der Waals surface area contributed by atoms with Gasteiger partial charge in [-0.25, -0.2) is 14.5 Å². The number of rotatable bonds is 1. The van der Waals surface area contributed by atoms with Gasteiger partial charge < -0.3 is 4.98 Å². The molecule has 0 atom stereocenters. The van der Waals surface area contributed by atoms with Crippen molar-refractivity contribution in [2.24, 2.45) is 0 Å². The van der Waals surface area contributed by atoms with Gasteiger partial charge in [0.05, 0.1) is 23.5 Å². The first kappa shape index (κ1) is 11.9. The van der Waals surface area contributed by atoms with Crippen molar-refractivity contribution >= 4 is 33.8 Å². The van der Waals surface area contributed by atoms with Crippen LogP contribution in [0, 0.1) is 4.77 Å². The Morgan fingerprint density at radius 1 is 1.30 bits per heavy atom. The number of aromatic amines is 1. The Kier molecular flexibility index (Phi) is 2.58. The summed E-state index contributed by atoms with van der Waals surface area (Å²) in [6.45, 7) is 0. The van der Waals surface area contributed by atoms with E-state index in [-0.39, 0.29) is 5.56 Å². The van der Waals surface area contributed by atoms with E-state index < -0.39 is 0 Å². The smallest absolute Gasteiger partial charge is 0.268 e. The van der Waals surface area contributed by atoms with Gasteiger partial charge in [0.25, 0.3) is 5.56 Å². The van der Waals surface area contributed by atoms with Gasteiger partial charge in [0.2, 0.25) is 0 Å². The van der Waals surface area contributed by atoms with Gasteiger partial charge in [0, 0.05) is 4.88 Å². The minimum Gasteiger partial charge on any atom is -0.323 e. The number of nitrogens with one attached hydrogen (secondary N) is 1. The Balaban J connectivity index is 2.13. The number of nitrogens with zero attached hydrogens (tertiary/aromatic N) is 3. The molecule has 0 fully saturated rings. The fraction of sp³-hybridized carbons (Fsp3) is 0.231. The molecule has 4 rings (SSSR count). The highest BCUT2D eigenvalue weighted by Crippen LogP contribution is 2.34. The zero-order valence-corrected chi connectivity index (χ0v) is 12.1. The van der Waals surface area contributed by atoms with Crippen molar-refractivity contribution in [3.05, 3.63) is 44.3 Å². The lowest BCUT2D eigenvalue weighted by Crippen LogP contribution is -2.20. The maximum absolute atomic E-state index is 12.8. The van der Waals surface area contributed by atoms with Crippen molar-refractivity contribution < 1.29 is 0 Å². The van der Waals surface area contributed by atoms with Crippen LogP contribution in [0.3, 0.4) is 0 Å². The lowest BCUT2D eigenvalue weighted by atomic mass is 10.2. The third kappa shape index (κ3) is 1.60. The Morgan fingerprint density at radius 2 is 2.10 bits per heavy atom. The third-order valence-corrected chi connectivity index (χ3v) is 5.06. The van der Waals surface area contributed by atoms with Crippen LogP contribution in [-0.2, 0) is 12.8 Å². The van der Waals surface area contributed by atoms with Crippen LogP contribution >= 0.6 is 23.6 Å². The molecule has 20 heavy (non-hydrogen) atoms. The van der Waals surface area contributed by atoms with Gasteiger partial charge in [0.1, 0.15) is 11.2 Å². The number of thiophene rings is 1. The van der Waals surface area contributed by atoms with Crippen molar-refractivity contribution in [2.45, 2.75) is 19.3 Å². The number of H-pyrrole nitrogens is 1. The number of hydrogen-bond donors (Lipinski definition) is 1. The summed E-state index contributed by atoms with van der Waals surface area (Å²) >= 11 is 6.97. The summed E-state index contributed by atoms with van der Waals surface area (Å²) in [7, 11) is 0. The molecule has 0 unspecified atom stereocenters. The van der Waals surface area contributed by atoms with E-state index in [1.54, 1.807) is 23.7 Å². The zero-order chi connectivity index (χ0) is 13.7. The minimum atomic E-state index is -0.0713. The molecule has 1 aliphatic rings. The van der Waals surface area contributed by atoms with E-state index in [2.05, 4.69) is 15.0 Å². The van der Waals surface area contributed by atoms with E-state index in [4.69, 9.17) is 12.2 Å². The molecule has 0 amide bonds. The van der Waals surface area contributed by atoms with Gasteiger partial charge in [-0.05, 0) is 37.0 Å². The highest BCUT2D eigenvalue weighted by molar-refractivity contribution is 7.71. The second kappa shape index (κ2) is 4.32. The average Bonchev–Trinajstić information content (AvgIpc) is 2.99. The van der Waals surface area contributed by atoms with Crippen LogP contribution in [0.25, 0.3) is 15.9 Å². The van der Waals surface area contributed by atoms with Gasteiger partial charge >= 0.3 is 0 Å². The number of aryl methyl sites for hydroxylation is 2. The topological polar surface area (TPSA) is 63.6 Å². The number of fused-ring (bicyclic) bond motifs is 3. The molecule has 3 aromatic heterocycles. The molecule has 3 aromatic rings. The second-order valence-electron chi connectivity index (χ2n) is 4.73. The van der Waals surface area contributed by atoms with E-state index >= 15 is 0 Å². The van der Waals surface area contributed by atoms with E-state index in [9.17, 15) is 4.79 Å². The van der Waals surface area contributed by atoms with Gasteiger partial charge in [-0.3, -0.25) is 4.79 Å². The molecule has 7 heteroatoms. The monoisotopic (exact) mass is 302 g/mol. The highest BCUT2D eigenvalue weighted by atomic mass is 32.1. The molecular weight excluding hydrogens is 292 g/mol. The molecule has 0 aromatic carbocycles. The summed E-state index contributed by atoms with van der Waals surface area (Å²) in [5.74, 6) is 0. The molecule has 5 nitrogen and oxygen atoms in total. The lowest BCUT2D eigenvalue weighted by Gasteiger charge is -2.05. The predicted octanol–water partition coefficient (Wildman–Crippen LogP) is 2.39. The highest BCUT2D eigenvalue weighted by Gasteiger charge is 2.21. The first-order chi connectivity index (χ1) is 9.75. The van der Waals surface area contributed by atoms with Gasteiger partial charge in [0.15, 0.2) is 4.77 Å². The first-order valence-corrected chi connectivity index (χ1v) is 7.53. The fourth-order valence-electron chi connectivity index (χ4n) is 2.72. The Hall–Kier alpha value is -1.86. The van der Waals surface area contributed by atoms with Crippen LogP contribution in [0.1, 0.15) is 16.9 Å². The first-order valence-electron chi connectivity index (χ1n) is 6.30. The molecule has 0 spiro atoms. The molecule has 3 heterocycles. The maximum Gasteiger partial charge on any atom is 0.268 e. The molecular formula is C13H10N4OS2. The summed E-state index contributed by atoms with van der Waals surface area (Å²) in [6.07, 6.45) is 7.78.